The number of thiophene rings is 1. The Bertz CT molecular complexity index is 1480. The second-order valence-corrected chi connectivity index (χ2v) is 10.6. The number of carbonyl (C=O) groups is 3. The van der Waals surface area contributed by atoms with Crippen molar-refractivity contribution in [2.75, 3.05) is 19.4 Å². The predicted molar refractivity (Wildman–Crippen MR) is 139 cm³/mol. The summed E-state index contributed by atoms with van der Waals surface area (Å²) in [6.07, 6.45) is 4.21. The highest BCUT2D eigenvalue weighted by Crippen LogP contribution is 2.36. The zero-order chi connectivity index (χ0) is 25.6. The normalized spacial score (nSPS) is 14.4. The first kappa shape index (κ1) is 23.8. The minimum atomic E-state index is -0.917. The van der Waals surface area contributed by atoms with E-state index in [0.717, 1.165) is 21.5 Å². The Morgan fingerprint density at radius 2 is 2.06 bits per heavy atom. The van der Waals surface area contributed by atoms with Gasteiger partial charge in [-0.25, -0.2) is 4.98 Å². The third-order valence-electron chi connectivity index (χ3n) is 6.30. The van der Waals surface area contributed by atoms with Gasteiger partial charge < -0.3 is 19.2 Å². The van der Waals surface area contributed by atoms with E-state index in [2.05, 4.69) is 15.3 Å². The van der Waals surface area contributed by atoms with Gasteiger partial charge in [-0.2, -0.15) is 0 Å². The molecule has 0 atom stereocenters. The van der Waals surface area contributed by atoms with Crippen molar-refractivity contribution in [1.29, 1.82) is 0 Å². The second-order valence-electron chi connectivity index (χ2n) is 9.50. The van der Waals surface area contributed by atoms with Crippen molar-refractivity contribution >= 4 is 45.9 Å². The van der Waals surface area contributed by atoms with E-state index >= 15 is 0 Å². The molecule has 0 bridgehead atoms. The second kappa shape index (κ2) is 8.94. The number of imidazole rings is 1. The Balaban J connectivity index is 1.50. The standard InChI is InChI=1S/C26H27N5O4S/c1-26(2)22(32)12-16-11-17-18(13-19(16)35-26)31(10-8-23(33)30(3)4)25(28-17)29-24(34)21-6-5-20(36-21)15-7-9-27-14-15/h5-7,9,11,13-14,27H,8,10,12H2,1-4H3,(H,28,29,34). The molecule has 0 radical (unpaired) electrons. The molecule has 186 valence electrons. The number of ether oxygens (including phenoxy) is 1. The number of aryl methyl sites for hydroxylation is 1. The number of aromatic amines is 1. The fourth-order valence-electron chi connectivity index (χ4n) is 4.15. The number of aromatic nitrogens is 3. The van der Waals surface area contributed by atoms with Gasteiger partial charge in [-0.15, -0.1) is 11.3 Å². The average molecular weight is 506 g/mol. The summed E-state index contributed by atoms with van der Waals surface area (Å²) in [6.45, 7) is 3.83. The lowest BCUT2D eigenvalue weighted by Crippen LogP contribution is -2.42. The van der Waals surface area contributed by atoms with E-state index in [1.165, 1.54) is 16.2 Å². The molecular weight excluding hydrogens is 478 g/mol. The summed E-state index contributed by atoms with van der Waals surface area (Å²) in [6, 6.07) is 9.31. The van der Waals surface area contributed by atoms with Crippen LogP contribution < -0.4 is 10.1 Å². The number of fused-ring (bicyclic) bond motifs is 2. The van der Waals surface area contributed by atoms with Crippen LogP contribution in [0.3, 0.4) is 0 Å². The monoisotopic (exact) mass is 505 g/mol. The topological polar surface area (TPSA) is 109 Å². The molecule has 1 aliphatic heterocycles. The summed E-state index contributed by atoms with van der Waals surface area (Å²) in [4.78, 5) is 48.7. The molecule has 4 heterocycles. The third kappa shape index (κ3) is 4.39. The number of rotatable bonds is 6. The van der Waals surface area contributed by atoms with Gasteiger partial charge in [0, 0.05) is 67.9 Å². The zero-order valence-corrected chi connectivity index (χ0v) is 21.4. The summed E-state index contributed by atoms with van der Waals surface area (Å²) < 4.78 is 7.82. The lowest BCUT2D eigenvalue weighted by Gasteiger charge is -2.31. The van der Waals surface area contributed by atoms with Crippen LogP contribution in [-0.4, -0.2) is 56.7 Å². The van der Waals surface area contributed by atoms with Gasteiger partial charge in [-0.1, -0.05) is 0 Å². The SMILES string of the molecule is CN(C)C(=O)CCn1c(NC(=O)c2ccc(-c3cc[nH]c3)s2)nc2cc3c(cc21)OC(C)(C)C(=O)C3. The Kier molecular flexibility index (Phi) is 5.91. The van der Waals surface area contributed by atoms with E-state index in [-0.39, 0.29) is 30.4 Å². The van der Waals surface area contributed by atoms with Crippen LogP contribution in [-0.2, 0) is 22.6 Å². The molecule has 0 saturated heterocycles. The lowest BCUT2D eigenvalue weighted by atomic mass is 9.92. The van der Waals surface area contributed by atoms with Gasteiger partial charge in [0.15, 0.2) is 11.4 Å². The molecule has 4 aromatic rings. The summed E-state index contributed by atoms with van der Waals surface area (Å²) >= 11 is 1.39. The number of ketones is 1. The number of carbonyl (C=O) groups excluding carboxylic acids is 3. The smallest absolute Gasteiger partial charge is 0.268 e. The summed E-state index contributed by atoms with van der Waals surface area (Å²) in [5.41, 5.74) is 2.20. The molecule has 9 nitrogen and oxygen atoms in total. The highest BCUT2D eigenvalue weighted by Gasteiger charge is 2.35. The van der Waals surface area contributed by atoms with Crippen LogP contribution in [0.15, 0.2) is 42.7 Å². The molecule has 2 N–H and O–H groups in total. The Morgan fingerprint density at radius 1 is 1.25 bits per heavy atom. The van der Waals surface area contributed by atoms with Crippen molar-refractivity contribution in [1.82, 2.24) is 19.4 Å². The van der Waals surface area contributed by atoms with Crippen molar-refractivity contribution in [2.45, 2.75) is 38.8 Å². The molecule has 0 fully saturated rings. The summed E-state index contributed by atoms with van der Waals surface area (Å²) in [5.74, 6) is 0.624. The molecule has 10 heteroatoms. The van der Waals surface area contributed by atoms with Gasteiger partial charge in [0.1, 0.15) is 5.75 Å². The highest BCUT2D eigenvalue weighted by molar-refractivity contribution is 7.17. The minimum absolute atomic E-state index is 0.00481. The van der Waals surface area contributed by atoms with Crippen molar-refractivity contribution in [3.05, 3.63) is 53.2 Å². The number of nitrogens with zero attached hydrogens (tertiary/aromatic N) is 3. The van der Waals surface area contributed by atoms with E-state index in [9.17, 15) is 14.4 Å². The Labute approximate surface area is 212 Å². The molecule has 0 aliphatic carbocycles. The Hall–Kier alpha value is -3.92. The van der Waals surface area contributed by atoms with E-state index in [0.29, 0.717) is 28.6 Å². The number of H-pyrrole nitrogens is 1. The maximum absolute atomic E-state index is 13.2. The number of amides is 2. The lowest BCUT2D eigenvalue weighted by molar-refractivity contribution is -0.132. The largest absolute Gasteiger partial charge is 0.480 e. The summed E-state index contributed by atoms with van der Waals surface area (Å²) in [5, 5.41) is 2.93. The summed E-state index contributed by atoms with van der Waals surface area (Å²) in [7, 11) is 3.42. The molecule has 2 amide bonds. The number of hydrogen-bond donors (Lipinski definition) is 2. The molecular formula is C26H27N5O4S. The van der Waals surface area contributed by atoms with Gasteiger partial charge in [0.05, 0.1) is 15.9 Å². The van der Waals surface area contributed by atoms with E-state index < -0.39 is 5.60 Å². The molecule has 0 saturated carbocycles. The first-order valence-corrected chi connectivity index (χ1v) is 12.4. The molecule has 5 rings (SSSR count). The van der Waals surface area contributed by atoms with Crippen LogP contribution in [0.5, 0.6) is 5.75 Å². The number of benzene rings is 1. The molecule has 36 heavy (non-hydrogen) atoms. The quantitative estimate of drug-likeness (QED) is 0.410. The van der Waals surface area contributed by atoms with Gasteiger partial charge in [0.25, 0.3) is 5.91 Å². The molecule has 1 aliphatic rings. The van der Waals surface area contributed by atoms with Crippen LogP contribution in [0, 0.1) is 0 Å². The molecule has 0 unspecified atom stereocenters. The molecule has 0 spiro atoms. The van der Waals surface area contributed by atoms with Gasteiger partial charge in [-0.3, -0.25) is 19.7 Å². The molecule has 3 aromatic heterocycles. The first-order valence-electron chi connectivity index (χ1n) is 11.6. The maximum Gasteiger partial charge on any atom is 0.268 e. The Morgan fingerprint density at radius 3 is 2.78 bits per heavy atom. The predicted octanol–water partition coefficient (Wildman–Crippen LogP) is 4.11. The van der Waals surface area contributed by atoms with Crippen LogP contribution in [0.2, 0.25) is 0 Å². The van der Waals surface area contributed by atoms with E-state index in [4.69, 9.17) is 4.74 Å². The van der Waals surface area contributed by atoms with E-state index in [1.807, 2.05) is 41.2 Å². The van der Waals surface area contributed by atoms with Gasteiger partial charge >= 0.3 is 0 Å². The number of anilines is 1. The maximum atomic E-state index is 13.2. The fourth-order valence-corrected chi connectivity index (χ4v) is 5.05. The third-order valence-corrected chi connectivity index (χ3v) is 7.44. The number of nitrogens with one attached hydrogen (secondary N) is 2. The van der Waals surface area contributed by atoms with Gasteiger partial charge in [-0.05, 0) is 38.1 Å². The van der Waals surface area contributed by atoms with Crippen molar-refractivity contribution in [3.63, 3.8) is 0 Å². The van der Waals surface area contributed by atoms with Crippen molar-refractivity contribution in [3.8, 4) is 16.2 Å². The highest BCUT2D eigenvalue weighted by atomic mass is 32.1. The minimum Gasteiger partial charge on any atom is -0.480 e. The van der Waals surface area contributed by atoms with Crippen molar-refractivity contribution in [2.24, 2.45) is 0 Å². The number of hydrogen-bond acceptors (Lipinski definition) is 6. The van der Waals surface area contributed by atoms with Crippen LogP contribution >= 0.6 is 11.3 Å². The van der Waals surface area contributed by atoms with Crippen LogP contribution in [0.4, 0.5) is 5.95 Å². The molecule has 1 aromatic carbocycles. The average Bonchev–Trinajstić information content (AvgIpc) is 3.57. The number of Topliss-reactive ketones (excluding diaryl/α,β-unsaturated/α-hetero) is 1. The van der Waals surface area contributed by atoms with E-state index in [1.54, 1.807) is 34.0 Å². The van der Waals surface area contributed by atoms with Crippen LogP contribution in [0.25, 0.3) is 21.5 Å². The first-order chi connectivity index (χ1) is 17.1. The zero-order valence-electron chi connectivity index (χ0n) is 20.5. The van der Waals surface area contributed by atoms with Crippen molar-refractivity contribution < 1.29 is 19.1 Å². The van der Waals surface area contributed by atoms with Gasteiger partial charge in [0.2, 0.25) is 11.9 Å². The van der Waals surface area contributed by atoms with Crippen LogP contribution in [0.1, 0.15) is 35.5 Å². The fraction of sp³-hybridized carbons (Fsp3) is 0.308.